The van der Waals surface area contributed by atoms with Gasteiger partial charge < -0.3 is 14.0 Å². The maximum Gasteiger partial charge on any atom is 0.340 e. The van der Waals surface area contributed by atoms with Gasteiger partial charge in [-0.3, -0.25) is 4.72 Å². The lowest BCUT2D eigenvalue weighted by Gasteiger charge is -2.15. The molecule has 0 atom stereocenters. The topological polar surface area (TPSA) is 86.6 Å². The zero-order chi connectivity index (χ0) is 22.2. The lowest BCUT2D eigenvalue weighted by Crippen LogP contribution is -2.11. The van der Waals surface area contributed by atoms with Crippen molar-refractivity contribution in [1.82, 2.24) is 4.57 Å². The summed E-state index contributed by atoms with van der Waals surface area (Å²) in [5.74, 6) is 0.284. The number of nitrogens with zero attached hydrogens (tertiary/aromatic N) is 1. The van der Waals surface area contributed by atoms with Crippen molar-refractivity contribution >= 4 is 32.6 Å². The molecule has 0 aliphatic carbocycles. The van der Waals surface area contributed by atoms with Crippen LogP contribution in [0.4, 0.5) is 5.69 Å². The first-order valence-corrected chi connectivity index (χ1v) is 11.4. The molecule has 1 N–H and O–H groups in total. The molecule has 0 unspecified atom stereocenters. The van der Waals surface area contributed by atoms with Crippen LogP contribution in [0.1, 0.15) is 34.1 Å². The Hall–Kier alpha value is -3.00. The van der Waals surface area contributed by atoms with E-state index in [9.17, 15) is 13.2 Å². The number of hydrogen-bond donors (Lipinski definition) is 1. The van der Waals surface area contributed by atoms with Gasteiger partial charge >= 0.3 is 5.97 Å². The predicted octanol–water partition coefficient (Wildman–Crippen LogP) is 4.11. The highest BCUT2D eigenvalue weighted by Gasteiger charge is 2.25. The molecule has 0 fully saturated rings. The molecule has 7 nitrogen and oxygen atoms in total. The Labute approximate surface area is 176 Å². The number of methoxy groups -OCH3 is 1. The van der Waals surface area contributed by atoms with E-state index in [1.54, 1.807) is 20.1 Å². The van der Waals surface area contributed by atoms with Gasteiger partial charge in [0.25, 0.3) is 0 Å². The molecule has 0 bridgehead atoms. The maximum absolute atomic E-state index is 12.8. The highest BCUT2D eigenvalue weighted by Crippen LogP contribution is 2.37. The quantitative estimate of drug-likeness (QED) is 0.595. The number of rotatable bonds is 6. The van der Waals surface area contributed by atoms with Crippen LogP contribution in [-0.4, -0.2) is 38.9 Å². The van der Waals surface area contributed by atoms with E-state index in [4.69, 9.17) is 9.47 Å². The molecular formula is C22H26N2O5S. The number of sulfonamides is 1. The smallest absolute Gasteiger partial charge is 0.340 e. The van der Waals surface area contributed by atoms with Crippen molar-refractivity contribution in [1.29, 1.82) is 0 Å². The van der Waals surface area contributed by atoms with E-state index >= 15 is 0 Å². The fourth-order valence-electron chi connectivity index (χ4n) is 3.68. The van der Waals surface area contributed by atoms with E-state index in [-0.39, 0.29) is 6.61 Å². The zero-order valence-electron chi connectivity index (χ0n) is 18.0. The number of carbonyl (C=O) groups excluding carboxylic acids is 1. The molecule has 0 spiro atoms. The van der Waals surface area contributed by atoms with Gasteiger partial charge in [0, 0.05) is 16.8 Å². The van der Waals surface area contributed by atoms with Gasteiger partial charge in [-0.15, -0.1) is 0 Å². The molecule has 0 amide bonds. The lowest BCUT2D eigenvalue weighted by atomic mass is 10.0. The number of aryl methyl sites for hydroxylation is 1. The molecule has 2 aromatic carbocycles. The first-order valence-electron chi connectivity index (χ1n) is 9.53. The molecule has 0 saturated heterocycles. The second kappa shape index (κ2) is 8.02. The SMILES string of the molecule is CCOC(=O)c1c(C)n(-c2ccc(OC)cc2)c2c(C)c(C)c(NS(C)(=O)=O)cc12. The van der Waals surface area contributed by atoms with E-state index in [1.165, 1.54) is 0 Å². The minimum Gasteiger partial charge on any atom is -0.497 e. The summed E-state index contributed by atoms with van der Waals surface area (Å²) in [4.78, 5) is 12.8. The van der Waals surface area contributed by atoms with Crippen LogP contribution in [-0.2, 0) is 14.8 Å². The Morgan fingerprint density at radius 3 is 2.27 bits per heavy atom. The first-order chi connectivity index (χ1) is 14.1. The van der Waals surface area contributed by atoms with Gasteiger partial charge in [0.1, 0.15) is 5.75 Å². The third kappa shape index (κ3) is 3.87. The van der Waals surface area contributed by atoms with Gasteiger partial charge in [-0.05, 0) is 69.2 Å². The van der Waals surface area contributed by atoms with Gasteiger partial charge in [-0.1, -0.05) is 0 Å². The largest absolute Gasteiger partial charge is 0.497 e. The monoisotopic (exact) mass is 430 g/mol. The number of hydrogen-bond acceptors (Lipinski definition) is 5. The molecule has 1 heterocycles. The van der Waals surface area contributed by atoms with Crippen LogP contribution in [0.3, 0.4) is 0 Å². The lowest BCUT2D eigenvalue weighted by molar-refractivity contribution is 0.0527. The van der Waals surface area contributed by atoms with E-state index in [2.05, 4.69) is 4.72 Å². The molecule has 3 aromatic rings. The van der Waals surface area contributed by atoms with Crippen molar-refractivity contribution in [2.24, 2.45) is 0 Å². The fraction of sp³-hybridized carbons (Fsp3) is 0.318. The first kappa shape index (κ1) is 21.7. The van der Waals surface area contributed by atoms with Crippen molar-refractivity contribution < 1.29 is 22.7 Å². The van der Waals surface area contributed by atoms with Crippen LogP contribution in [0.15, 0.2) is 30.3 Å². The summed E-state index contributed by atoms with van der Waals surface area (Å²) in [6, 6.07) is 9.24. The Morgan fingerprint density at radius 1 is 1.10 bits per heavy atom. The van der Waals surface area contributed by atoms with Crippen LogP contribution >= 0.6 is 0 Å². The number of nitrogens with one attached hydrogen (secondary N) is 1. The van der Waals surface area contributed by atoms with Gasteiger partial charge in [-0.2, -0.15) is 0 Å². The molecule has 0 aliphatic heterocycles. The molecule has 0 aliphatic rings. The summed E-state index contributed by atoms with van der Waals surface area (Å²) in [6.07, 6.45) is 1.10. The minimum absolute atomic E-state index is 0.243. The predicted molar refractivity (Wildman–Crippen MR) is 118 cm³/mol. The molecule has 30 heavy (non-hydrogen) atoms. The van der Waals surface area contributed by atoms with Crippen molar-refractivity contribution in [2.75, 3.05) is 24.7 Å². The van der Waals surface area contributed by atoms with Gasteiger partial charge in [-0.25, -0.2) is 13.2 Å². The second-order valence-electron chi connectivity index (χ2n) is 7.16. The standard InChI is InChI=1S/C22H26N2O5S/c1-7-29-22(25)20-15(4)24(16-8-10-17(28-5)11-9-16)21-14(3)13(2)19(12-18(20)21)23-30(6,26)27/h8-12,23H,7H2,1-6H3. The van der Waals surface area contributed by atoms with E-state index in [0.717, 1.165) is 34.3 Å². The van der Waals surface area contributed by atoms with E-state index < -0.39 is 16.0 Å². The molecule has 1 aromatic heterocycles. The van der Waals surface area contributed by atoms with Crippen molar-refractivity contribution in [3.05, 3.63) is 52.7 Å². The number of aromatic nitrogens is 1. The van der Waals surface area contributed by atoms with Crippen LogP contribution in [0, 0.1) is 20.8 Å². The van der Waals surface area contributed by atoms with Crippen molar-refractivity contribution in [3.8, 4) is 11.4 Å². The Kier molecular flexibility index (Phi) is 5.81. The second-order valence-corrected chi connectivity index (χ2v) is 8.91. The number of carbonyl (C=O) groups is 1. The molecule has 0 radical (unpaired) electrons. The summed E-state index contributed by atoms with van der Waals surface area (Å²) in [5.41, 5.74) is 4.93. The summed E-state index contributed by atoms with van der Waals surface area (Å²) in [7, 11) is -1.87. The highest BCUT2D eigenvalue weighted by molar-refractivity contribution is 7.92. The van der Waals surface area contributed by atoms with E-state index in [0.29, 0.717) is 22.3 Å². The third-order valence-corrected chi connectivity index (χ3v) is 5.75. The minimum atomic E-state index is -3.48. The number of esters is 1. The van der Waals surface area contributed by atoms with Crippen LogP contribution in [0.2, 0.25) is 0 Å². The summed E-state index contributed by atoms with van der Waals surface area (Å²) >= 11 is 0. The van der Waals surface area contributed by atoms with Gasteiger partial charge in [0.15, 0.2) is 0 Å². The normalized spacial score (nSPS) is 11.5. The number of benzene rings is 2. The number of fused-ring (bicyclic) bond motifs is 1. The average Bonchev–Trinajstić information content (AvgIpc) is 2.97. The van der Waals surface area contributed by atoms with Crippen molar-refractivity contribution in [2.45, 2.75) is 27.7 Å². The highest BCUT2D eigenvalue weighted by atomic mass is 32.2. The van der Waals surface area contributed by atoms with Crippen LogP contribution in [0.25, 0.3) is 16.6 Å². The van der Waals surface area contributed by atoms with Crippen LogP contribution < -0.4 is 9.46 Å². The van der Waals surface area contributed by atoms with Gasteiger partial charge in [0.05, 0.1) is 36.7 Å². The molecule has 160 valence electrons. The Bertz CT molecular complexity index is 1230. The molecule has 3 rings (SSSR count). The number of ether oxygens (including phenoxy) is 2. The number of anilines is 1. The Morgan fingerprint density at radius 2 is 1.73 bits per heavy atom. The summed E-state index contributed by atoms with van der Waals surface area (Å²) in [6.45, 7) is 7.62. The maximum atomic E-state index is 12.8. The Balaban J connectivity index is 2.40. The zero-order valence-corrected chi connectivity index (χ0v) is 18.8. The summed E-state index contributed by atoms with van der Waals surface area (Å²) in [5, 5.41) is 0.635. The third-order valence-electron chi connectivity index (χ3n) is 5.16. The average molecular weight is 431 g/mol. The van der Waals surface area contributed by atoms with Crippen molar-refractivity contribution in [3.63, 3.8) is 0 Å². The molecular weight excluding hydrogens is 404 g/mol. The van der Waals surface area contributed by atoms with E-state index in [1.807, 2.05) is 49.6 Å². The molecule has 8 heteroatoms. The van der Waals surface area contributed by atoms with Gasteiger partial charge in [0.2, 0.25) is 10.0 Å². The molecule has 0 saturated carbocycles. The fourth-order valence-corrected chi connectivity index (χ4v) is 4.29. The van der Waals surface area contributed by atoms with Crippen LogP contribution in [0.5, 0.6) is 5.75 Å². The summed E-state index contributed by atoms with van der Waals surface area (Å²) < 4.78 is 38.8.